The summed E-state index contributed by atoms with van der Waals surface area (Å²) in [6.07, 6.45) is 4.26. The number of hydrogen-bond acceptors (Lipinski definition) is 6. The number of amides is 1. The molecule has 1 amide bonds. The SMILES string of the molecule is CC1CCc2c(sc(NC(=O)Cn3cnc(C#N)n3)c2C#N)C1. The molecule has 0 bridgehead atoms. The molecule has 7 nitrogen and oxygen atoms in total. The zero-order valence-electron chi connectivity index (χ0n) is 12.5. The molecule has 0 spiro atoms. The zero-order chi connectivity index (χ0) is 16.4. The number of nitrogens with one attached hydrogen (secondary N) is 1. The standard InChI is InChI=1S/C15H14N6OS/c1-9-2-3-10-11(5-16)15(23-12(10)4-9)19-14(22)7-21-8-18-13(6-17)20-21/h8-9H,2-4,7H2,1H3,(H,19,22). The Morgan fingerprint density at radius 1 is 1.52 bits per heavy atom. The van der Waals surface area contributed by atoms with Crippen molar-refractivity contribution in [1.29, 1.82) is 10.5 Å². The van der Waals surface area contributed by atoms with Gasteiger partial charge in [0.15, 0.2) is 0 Å². The molecule has 2 aromatic heterocycles. The molecule has 1 unspecified atom stereocenters. The molecule has 1 N–H and O–H groups in total. The monoisotopic (exact) mass is 326 g/mol. The van der Waals surface area contributed by atoms with Crippen molar-refractivity contribution in [1.82, 2.24) is 14.8 Å². The zero-order valence-corrected chi connectivity index (χ0v) is 13.4. The molecule has 0 saturated heterocycles. The van der Waals surface area contributed by atoms with Gasteiger partial charge in [-0.05, 0) is 30.7 Å². The summed E-state index contributed by atoms with van der Waals surface area (Å²) < 4.78 is 1.30. The predicted molar refractivity (Wildman–Crippen MR) is 83.6 cm³/mol. The predicted octanol–water partition coefficient (Wildman–Crippen LogP) is 1.85. The first-order valence-corrected chi connectivity index (χ1v) is 8.06. The van der Waals surface area contributed by atoms with Crippen LogP contribution in [0.3, 0.4) is 0 Å². The molecular formula is C15H14N6OS. The van der Waals surface area contributed by atoms with Gasteiger partial charge in [-0.25, -0.2) is 9.67 Å². The van der Waals surface area contributed by atoms with Crippen LogP contribution in [0.5, 0.6) is 0 Å². The van der Waals surface area contributed by atoms with Gasteiger partial charge in [-0.1, -0.05) is 6.92 Å². The van der Waals surface area contributed by atoms with E-state index in [4.69, 9.17) is 5.26 Å². The highest BCUT2D eigenvalue weighted by Gasteiger charge is 2.24. The van der Waals surface area contributed by atoms with E-state index in [0.29, 0.717) is 16.5 Å². The molecule has 2 aromatic rings. The summed E-state index contributed by atoms with van der Waals surface area (Å²) in [5.41, 5.74) is 1.67. The van der Waals surface area contributed by atoms with E-state index in [1.165, 1.54) is 27.2 Å². The highest BCUT2D eigenvalue weighted by molar-refractivity contribution is 7.16. The Kier molecular flexibility index (Phi) is 4.09. The Hall–Kier alpha value is -2.71. The molecule has 1 aliphatic carbocycles. The van der Waals surface area contributed by atoms with Crippen molar-refractivity contribution in [2.75, 3.05) is 5.32 Å². The van der Waals surface area contributed by atoms with E-state index in [-0.39, 0.29) is 18.3 Å². The van der Waals surface area contributed by atoms with Crippen LogP contribution in [0.15, 0.2) is 6.33 Å². The molecule has 3 rings (SSSR count). The lowest BCUT2D eigenvalue weighted by Crippen LogP contribution is -2.19. The molecule has 1 aliphatic rings. The molecule has 0 radical (unpaired) electrons. The number of fused-ring (bicyclic) bond motifs is 1. The second kappa shape index (κ2) is 6.19. The average Bonchev–Trinajstić information content (AvgIpc) is 3.10. The van der Waals surface area contributed by atoms with Crippen molar-refractivity contribution in [3.63, 3.8) is 0 Å². The van der Waals surface area contributed by atoms with E-state index >= 15 is 0 Å². The van der Waals surface area contributed by atoms with Crippen LogP contribution in [0, 0.1) is 28.6 Å². The van der Waals surface area contributed by atoms with Gasteiger partial charge in [0.25, 0.3) is 5.82 Å². The van der Waals surface area contributed by atoms with Crippen LogP contribution >= 0.6 is 11.3 Å². The van der Waals surface area contributed by atoms with E-state index in [0.717, 1.165) is 24.8 Å². The first-order chi connectivity index (χ1) is 11.1. The topological polar surface area (TPSA) is 107 Å². The van der Waals surface area contributed by atoms with Crippen molar-refractivity contribution in [3.8, 4) is 12.1 Å². The highest BCUT2D eigenvalue weighted by Crippen LogP contribution is 2.39. The van der Waals surface area contributed by atoms with Gasteiger partial charge in [-0.3, -0.25) is 4.79 Å². The molecular weight excluding hydrogens is 312 g/mol. The molecule has 1 atom stereocenters. The van der Waals surface area contributed by atoms with E-state index in [9.17, 15) is 10.1 Å². The summed E-state index contributed by atoms with van der Waals surface area (Å²) in [6, 6.07) is 4.03. The number of anilines is 1. The number of carbonyl (C=O) groups excluding carboxylic acids is 1. The minimum Gasteiger partial charge on any atom is -0.315 e. The molecule has 0 fully saturated rings. The quantitative estimate of drug-likeness (QED) is 0.926. The molecule has 2 heterocycles. The average molecular weight is 326 g/mol. The van der Waals surface area contributed by atoms with Gasteiger partial charge < -0.3 is 5.32 Å². The van der Waals surface area contributed by atoms with E-state index < -0.39 is 0 Å². The second-order valence-corrected chi connectivity index (χ2v) is 6.70. The maximum absolute atomic E-state index is 12.1. The Morgan fingerprint density at radius 3 is 3.04 bits per heavy atom. The third kappa shape index (κ3) is 3.08. The summed E-state index contributed by atoms with van der Waals surface area (Å²) in [7, 11) is 0. The van der Waals surface area contributed by atoms with Gasteiger partial charge in [0.2, 0.25) is 5.91 Å². The number of nitriles is 2. The van der Waals surface area contributed by atoms with E-state index in [1.807, 2.05) is 6.07 Å². The van der Waals surface area contributed by atoms with Crippen molar-refractivity contribution in [3.05, 3.63) is 28.2 Å². The second-order valence-electron chi connectivity index (χ2n) is 5.59. The first-order valence-electron chi connectivity index (χ1n) is 7.24. The molecule has 0 saturated carbocycles. The number of aromatic nitrogens is 3. The number of hydrogen-bond donors (Lipinski definition) is 1. The fourth-order valence-corrected chi connectivity index (χ4v) is 4.07. The largest absolute Gasteiger partial charge is 0.315 e. The number of rotatable bonds is 3. The molecule has 116 valence electrons. The van der Waals surface area contributed by atoms with Crippen LogP contribution < -0.4 is 5.32 Å². The lowest BCUT2D eigenvalue weighted by Gasteiger charge is -2.17. The van der Waals surface area contributed by atoms with Gasteiger partial charge in [-0.15, -0.1) is 16.4 Å². The summed E-state index contributed by atoms with van der Waals surface area (Å²) in [5, 5.41) is 25.3. The summed E-state index contributed by atoms with van der Waals surface area (Å²) in [5.74, 6) is 0.342. The lowest BCUT2D eigenvalue weighted by molar-refractivity contribution is -0.116. The number of nitrogens with zero attached hydrogens (tertiary/aromatic N) is 5. The van der Waals surface area contributed by atoms with E-state index in [2.05, 4.69) is 28.4 Å². The van der Waals surface area contributed by atoms with Gasteiger partial charge >= 0.3 is 0 Å². The molecule has 8 heteroatoms. The van der Waals surface area contributed by atoms with Crippen LogP contribution in [0.1, 0.15) is 35.2 Å². The molecule has 0 aliphatic heterocycles. The van der Waals surface area contributed by atoms with Crippen LogP contribution in [0.2, 0.25) is 0 Å². The maximum Gasteiger partial charge on any atom is 0.252 e. The first kappa shape index (κ1) is 15.2. The third-order valence-electron chi connectivity index (χ3n) is 3.82. The smallest absolute Gasteiger partial charge is 0.252 e. The van der Waals surface area contributed by atoms with Crippen molar-refractivity contribution in [2.45, 2.75) is 32.7 Å². The molecule has 0 aromatic carbocycles. The van der Waals surface area contributed by atoms with E-state index in [1.54, 1.807) is 0 Å². The van der Waals surface area contributed by atoms with Gasteiger partial charge in [0.05, 0.1) is 5.56 Å². The minimum absolute atomic E-state index is 0.0242. The van der Waals surface area contributed by atoms with Crippen LogP contribution in [-0.2, 0) is 24.2 Å². The Balaban J connectivity index is 1.76. The van der Waals surface area contributed by atoms with Gasteiger partial charge in [0, 0.05) is 4.88 Å². The van der Waals surface area contributed by atoms with Gasteiger partial charge in [-0.2, -0.15) is 10.5 Å². The Bertz CT molecular complexity index is 837. The van der Waals surface area contributed by atoms with Crippen LogP contribution in [0.25, 0.3) is 0 Å². The van der Waals surface area contributed by atoms with Gasteiger partial charge in [0.1, 0.15) is 30.0 Å². The minimum atomic E-state index is -0.289. The number of carbonyl (C=O) groups is 1. The van der Waals surface area contributed by atoms with Crippen LogP contribution in [0.4, 0.5) is 5.00 Å². The van der Waals surface area contributed by atoms with Crippen molar-refractivity contribution in [2.24, 2.45) is 5.92 Å². The summed E-state index contributed by atoms with van der Waals surface area (Å²) >= 11 is 1.49. The fraction of sp³-hybridized carbons (Fsp3) is 0.400. The Labute approximate surface area is 137 Å². The Morgan fingerprint density at radius 2 is 2.35 bits per heavy atom. The van der Waals surface area contributed by atoms with Crippen LogP contribution in [-0.4, -0.2) is 20.7 Å². The number of thiophene rings is 1. The molecule has 23 heavy (non-hydrogen) atoms. The van der Waals surface area contributed by atoms with Crippen molar-refractivity contribution >= 4 is 22.2 Å². The maximum atomic E-state index is 12.1. The third-order valence-corrected chi connectivity index (χ3v) is 4.99. The highest BCUT2D eigenvalue weighted by atomic mass is 32.1. The lowest BCUT2D eigenvalue weighted by atomic mass is 9.89. The normalized spacial score (nSPS) is 16.2. The van der Waals surface area contributed by atoms with Crippen molar-refractivity contribution < 1.29 is 4.79 Å². The fourth-order valence-electron chi connectivity index (χ4n) is 2.69. The summed E-state index contributed by atoms with van der Waals surface area (Å²) in [6.45, 7) is 2.16. The summed E-state index contributed by atoms with van der Waals surface area (Å²) in [4.78, 5) is 17.1.